The van der Waals surface area contributed by atoms with Crippen molar-refractivity contribution in [3.63, 3.8) is 0 Å². The summed E-state index contributed by atoms with van der Waals surface area (Å²) >= 11 is 0. The van der Waals surface area contributed by atoms with E-state index in [4.69, 9.17) is 15.7 Å². The monoisotopic (exact) mass is 410 g/mol. The van der Waals surface area contributed by atoms with Crippen molar-refractivity contribution in [3.05, 3.63) is 29.8 Å². The summed E-state index contributed by atoms with van der Waals surface area (Å²) in [5.74, 6) is -0.0514. The summed E-state index contributed by atoms with van der Waals surface area (Å²) in [7, 11) is 2.02. The van der Waals surface area contributed by atoms with Crippen molar-refractivity contribution < 1.29 is 19.6 Å². The van der Waals surface area contributed by atoms with E-state index in [0.717, 1.165) is 19.4 Å². The van der Waals surface area contributed by atoms with Crippen LogP contribution in [-0.2, 0) is 9.59 Å². The molecule has 0 fully saturated rings. The lowest BCUT2D eigenvalue weighted by atomic mass is 9.70. The number of nitrogen functional groups attached to an aromatic ring is 1. The Morgan fingerprint density at radius 3 is 1.93 bits per heavy atom. The van der Waals surface area contributed by atoms with Gasteiger partial charge in [0.15, 0.2) is 0 Å². The van der Waals surface area contributed by atoms with Crippen molar-refractivity contribution in [1.29, 1.82) is 0 Å². The van der Waals surface area contributed by atoms with Gasteiger partial charge in [-0.2, -0.15) is 0 Å². The molecule has 0 unspecified atom stereocenters. The SMILES string of the molecule is CC(C)(C)C(C)(C)C=O.CCN(C)CCNC(=O)c1ccc(N)cc1.O=CNO. The lowest BCUT2D eigenvalue weighted by Gasteiger charge is -2.33. The predicted octanol–water partition coefficient (Wildman–Crippen LogP) is 2.33. The minimum Gasteiger partial charge on any atom is -0.399 e. The number of nitrogens with one attached hydrogen (secondary N) is 2. The number of carbonyl (C=O) groups is 3. The molecule has 0 atom stereocenters. The Labute approximate surface area is 174 Å². The topological polar surface area (TPSA) is 125 Å². The fraction of sp³-hybridized carbons (Fsp3) is 0.571. The van der Waals surface area contributed by atoms with Gasteiger partial charge in [0.2, 0.25) is 6.41 Å². The highest BCUT2D eigenvalue weighted by atomic mass is 16.5. The van der Waals surface area contributed by atoms with Gasteiger partial charge in [-0.05, 0) is 43.3 Å². The second-order valence-corrected chi connectivity index (χ2v) is 8.11. The zero-order chi connectivity index (χ0) is 23.1. The molecule has 0 radical (unpaired) electrons. The van der Waals surface area contributed by atoms with Gasteiger partial charge in [-0.3, -0.25) is 14.8 Å². The van der Waals surface area contributed by atoms with Crippen molar-refractivity contribution in [2.45, 2.75) is 41.5 Å². The van der Waals surface area contributed by atoms with E-state index in [1.54, 1.807) is 24.3 Å². The summed E-state index contributed by atoms with van der Waals surface area (Å²) in [4.78, 5) is 33.1. The molecule has 0 bridgehead atoms. The average molecular weight is 411 g/mol. The van der Waals surface area contributed by atoms with Crippen LogP contribution in [0.3, 0.4) is 0 Å². The van der Waals surface area contributed by atoms with Crippen LogP contribution in [0.15, 0.2) is 24.3 Å². The van der Waals surface area contributed by atoms with Crippen LogP contribution >= 0.6 is 0 Å². The maximum Gasteiger partial charge on any atom is 0.251 e. The Bertz CT molecular complexity index is 596. The standard InChI is InChI=1S/C12H19N3O.C8H16O.CH3NO2/c1-3-15(2)9-8-14-12(16)10-4-6-11(13)7-5-10;1-7(2,3)8(4,5)6-9;3-1-2-4/h4-7H,3,8-9,13H2,1-2H3,(H,14,16);6H,1-5H3;1,4H,(H,2,3). The second kappa shape index (κ2) is 14.5. The Kier molecular flexibility index (Phi) is 14.4. The van der Waals surface area contributed by atoms with Gasteiger partial charge in [-0.1, -0.05) is 41.5 Å². The zero-order valence-electron chi connectivity index (χ0n) is 18.8. The molecule has 0 aliphatic heterocycles. The first-order valence-electron chi connectivity index (χ1n) is 9.48. The number of amides is 2. The quantitative estimate of drug-likeness (QED) is 0.237. The smallest absolute Gasteiger partial charge is 0.251 e. The fourth-order valence-corrected chi connectivity index (χ4v) is 1.43. The van der Waals surface area contributed by atoms with Crippen molar-refractivity contribution in [1.82, 2.24) is 15.7 Å². The van der Waals surface area contributed by atoms with E-state index in [9.17, 15) is 9.59 Å². The molecule has 5 N–H and O–H groups in total. The summed E-state index contributed by atoms with van der Waals surface area (Å²) < 4.78 is 0. The summed E-state index contributed by atoms with van der Waals surface area (Å²) in [6.07, 6.45) is 1.20. The molecular formula is C21H38N4O4. The Hall–Kier alpha value is -2.45. The van der Waals surface area contributed by atoms with Crippen molar-refractivity contribution in [3.8, 4) is 0 Å². The maximum atomic E-state index is 11.7. The van der Waals surface area contributed by atoms with Crippen LogP contribution in [0.2, 0.25) is 0 Å². The van der Waals surface area contributed by atoms with Gasteiger partial charge in [0.25, 0.3) is 5.91 Å². The summed E-state index contributed by atoms with van der Waals surface area (Å²) in [5, 5.41) is 10.1. The minimum atomic E-state index is -0.201. The molecule has 1 rings (SSSR count). The van der Waals surface area contributed by atoms with Crippen LogP contribution in [0, 0.1) is 10.8 Å². The normalized spacial score (nSPS) is 10.7. The molecule has 0 aromatic heterocycles. The summed E-state index contributed by atoms with van der Waals surface area (Å²) in [6.45, 7) is 14.7. The molecule has 8 nitrogen and oxygen atoms in total. The van der Waals surface area contributed by atoms with E-state index < -0.39 is 0 Å². The van der Waals surface area contributed by atoms with E-state index in [-0.39, 0.29) is 23.1 Å². The molecule has 166 valence electrons. The summed E-state index contributed by atoms with van der Waals surface area (Å²) in [6, 6.07) is 6.92. The second-order valence-electron chi connectivity index (χ2n) is 8.11. The van der Waals surface area contributed by atoms with Crippen LogP contribution in [0.4, 0.5) is 5.69 Å². The third-order valence-electron chi connectivity index (χ3n) is 4.77. The minimum absolute atomic E-state index is 0.0514. The molecule has 0 saturated carbocycles. The molecule has 1 aromatic rings. The number of carbonyl (C=O) groups excluding carboxylic acids is 3. The molecule has 8 heteroatoms. The molecule has 2 amide bonds. The van der Waals surface area contributed by atoms with Crippen molar-refractivity contribution in [2.24, 2.45) is 10.8 Å². The molecule has 0 heterocycles. The van der Waals surface area contributed by atoms with E-state index in [1.807, 2.05) is 20.9 Å². The van der Waals surface area contributed by atoms with Crippen LogP contribution in [0.5, 0.6) is 0 Å². The number of benzene rings is 1. The Morgan fingerprint density at radius 2 is 1.62 bits per heavy atom. The van der Waals surface area contributed by atoms with Crippen LogP contribution in [0.25, 0.3) is 0 Å². The lowest BCUT2D eigenvalue weighted by molar-refractivity contribution is -0.119. The zero-order valence-corrected chi connectivity index (χ0v) is 18.8. The Balaban J connectivity index is 0. The number of aldehydes is 1. The van der Waals surface area contributed by atoms with Gasteiger partial charge in [-0.25, -0.2) is 5.48 Å². The number of nitrogens with zero attached hydrogens (tertiary/aromatic N) is 1. The number of hydrogen-bond acceptors (Lipinski definition) is 6. The van der Waals surface area contributed by atoms with Crippen LogP contribution in [0.1, 0.15) is 51.9 Å². The maximum absolute atomic E-state index is 11.7. The summed E-state index contributed by atoms with van der Waals surface area (Å²) in [5.41, 5.74) is 7.99. The molecule has 1 aromatic carbocycles. The van der Waals surface area contributed by atoms with E-state index in [1.165, 1.54) is 5.48 Å². The first kappa shape index (κ1) is 28.8. The first-order chi connectivity index (χ1) is 13.4. The predicted molar refractivity (Wildman–Crippen MR) is 117 cm³/mol. The molecule has 0 aliphatic rings. The average Bonchev–Trinajstić information content (AvgIpc) is 2.68. The number of hydrogen-bond donors (Lipinski definition) is 4. The third kappa shape index (κ3) is 13.4. The first-order valence-corrected chi connectivity index (χ1v) is 9.48. The largest absolute Gasteiger partial charge is 0.399 e. The van der Waals surface area contributed by atoms with E-state index in [2.05, 4.69) is 37.9 Å². The molecule has 29 heavy (non-hydrogen) atoms. The van der Waals surface area contributed by atoms with Gasteiger partial charge in [0.1, 0.15) is 6.29 Å². The van der Waals surface area contributed by atoms with Crippen LogP contribution < -0.4 is 16.5 Å². The van der Waals surface area contributed by atoms with Crippen LogP contribution in [-0.4, -0.2) is 55.4 Å². The van der Waals surface area contributed by atoms with E-state index in [0.29, 0.717) is 17.8 Å². The van der Waals surface area contributed by atoms with Gasteiger partial charge < -0.3 is 20.7 Å². The van der Waals surface area contributed by atoms with Gasteiger partial charge in [-0.15, -0.1) is 0 Å². The highest BCUT2D eigenvalue weighted by Gasteiger charge is 2.31. The molecule has 0 aliphatic carbocycles. The number of hydroxylamine groups is 1. The molecule has 0 saturated heterocycles. The highest BCUT2D eigenvalue weighted by Crippen LogP contribution is 2.35. The van der Waals surface area contributed by atoms with Crippen molar-refractivity contribution >= 4 is 24.3 Å². The lowest BCUT2D eigenvalue weighted by Crippen LogP contribution is -2.32. The number of rotatable bonds is 7. The highest BCUT2D eigenvalue weighted by molar-refractivity contribution is 5.94. The van der Waals surface area contributed by atoms with Gasteiger partial charge >= 0.3 is 0 Å². The molecular weight excluding hydrogens is 372 g/mol. The van der Waals surface area contributed by atoms with Gasteiger partial charge in [0, 0.05) is 29.8 Å². The molecule has 0 spiro atoms. The Morgan fingerprint density at radius 1 is 1.14 bits per heavy atom. The number of likely N-dealkylation sites (N-methyl/N-ethyl adjacent to an activating group) is 1. The number of nitrogens with two attached hydrogens (primary N) is 1. The fourth-order valence-electron chi connectivity index (χ4n) is 1.43. The van der Waals surface area contributed by atoms with Crippen molar-refractivity contribution in [2.75, 3.05) is 32.4 Å². The van der Waals surface area contributed by atoms with E-state index >= 15 is 0 Å². The third-order valence-corrected chi connectivity index (χ3v) is 4.77. The van der Waals surface area contributed by atoms with Gasteiger partial charge in [0.05, 0.1) is 0 Å². The number of anilines is 1.